The average Bonchev–Trinajstić information content (AvgIpc) is 2.76. The van der Waals surface area contributed by atoms with Crippen LogP contribution in [0, 0.1) is 5.41 Å². The molecule has 0 bridgehead atoms. The first-order valence-electron chi connectivity index (χ1n) is 6.27. The zero-order valence-electron chi connectivity index (χ0n) is 11.1. The Kier molecular flexibility index (Phi) is 3.85. The summed E-state index contributed by atoms with van der Waals surface area (Å²) in [6, 6.07) is 0.555. The molecule has 0 aliphatic heterocycles. The fraction of sp³-hybridized carbons (Fsp3) is 0.769. The van der Waals surface area contributed by atoms with E-state index >= 15 is 0 Å². The summed E-state index contributed by atoms with van der Waals surface area (Å²) in [5.74, 6) is 0. The molecule has 1 aromatic heterocycles. The summed E-state index contributed by atoms with van der Waals surface area (Å²) >= 11 is 1.81. The predicted octanol–water partition coefficient (Wildman–Crippen LogP) is 2.61. The number of ether oxygens (including phenoxy) is 1. The maximum atomic E-state index is 5.46. The molecule has 1 fully saturated rings. The van der Waals surface area contributed by atoms with Gasteiger partial charge in [0.1, 0.15) is 0 Å². The van der Waals surface area contributed by atoms with Crippen LogP contribution in [0.2, 0.25) is 0 Å². The summed E-state index contributed by atoms with van der Waals surface area (Å²) in [6.45, 7) is 7.62. The van der Waals surface area contributed by atoms with E-state index in [1.807, 2.05) is 17.5 Å². The maximum Gasteiger partial charge on any atom is 0.0925 e. The highest BCUT2D eigenvalue weighted by Gasteiger charge is 2.48. The van der Waals surface area contributed by atoms with Crippen LogP contribution in [0.1, 0.15) is 37.1 Å². The molecule has 4 heteroatoms. The lowest BCUT2D eigenvalue weighted by atomic mass is 9.64. The van der Waals surface area contributed by atoms with Crippen LogP contribution in [-0.4, -0.2) is 24.2 Å². The summed E-state index contributed by atoms with van der Waals surface area (Å²) in [5, 5.41) is 4.84. The third-order valence-electron chi connectivity index (χ3n) is 3.89. The summed E-state index contributed by atoms with van der Waals surface area (Å²) in [5.41, 5.74) is 0.243. The van der Waals surface area contributed by atoms with Gasteiger partial charge in [0, 0.05) is 36.2 Å². The topological polar surface area (TPSA) is 34.2 Å². The molecule has 1 aliphatic rings. The molecule has 2 unspecified atom stereocenters. The molecule has 2 rings (SSSR count). The molecule has 0 radical (unpaired) electrons. The van der Waals surface area contributed by atoms with Gasteiger partial charge in [-0.25, -0.2) is 4.98 Å². The molecule has 0 saturated heterocycles. The standard InChI is InChI=1S/C13H22N2OS/c1-5-12-15-8-9(17-12)7-14-10-6-11(16-4)13(10,2)3/h8,10-11,14H,5-7H2,1-4H3. The van der Waals surface area contributed by atoms with E-state index in [1.165, 1.54) is 9.88 Å². The lowest BCUT2D eigenvalue weighted by molar-refractivity contribution is -0.0978. The van der Waals surface area contributed by atoms with Crippen LogP contribution in [0.4, 0.5) is 0 Å². The zero-order chi connectivity index (χ0) is 12.5. The van der Waals surface area contributed by atoms with Gasteiger partial charge in [-0.15, -0.1) is 11.3 Å². The van der Waals surface area contributed by atoms with Crippen LogP contribution in [0.3, 0.4) is 0 Å². The van der Waals surface area contributed by atoms with E-state index in [1.54, 1.807) is 7.11 Å². The number of nitrogens with one attached hydrogen (secondary N) is 1. The fourth-order valence-corrected chi connectivity index (χ4v) is 3.26. The molecule has 0 aromatic carbocycles. The lowest BCUT2D eigenvalue weighted by Gasteiger charge is -2.51. The summed E-state index contributed by atoms with van der Waals surface area (Å²) in [4.78, 5) is 5.71. The minimum absolute atomic E-state index is 0.243. The fourth-order valence-electron chi connectivity index (χ4n) is 2.45. The van der Waals surface area contributed by atoms with Crippen molar-refractivity contribution in [1.29, 1.82) is 0 Å². The van der Waals surface area contributed by atoms with Gasteiger partial charge in [-0.3, -0.25) is 0 Å². The second kappa shape index (κ2) is 5.04. The molecule has 0 amide bonds. The molecule has 1 heterocycles. The van der Waals surface area contributed by atoms with Gasteiger partial charge in [0.2, 0.25) is 0 Å². The quantitative estimate of drug-likeness (QED) is 0.877. The van der Waals surface area contributed by atoms with E-state index < -0.39 is 0 Å². The van der Waals surface area contributed by atoms with Gasteiger partial charge in [-0.1, -0.05) is 20.8 Å². The second-order valence-corrected chi connectivity index (χ2v) is 6.49. The van der Waals surface area contributed by atoms with E-state index in [-0.39, 0.29) is 5.41 Å². The van der Waals surface area contributed by atoms with E-state index in [4.69, 9.17) is 4.74 Å². The van der Waals surface area contributed by atoms with Crippen LogP contribution in [-0.2, 0) is 17.7 Å². The Hall–Kier alpha value is -0.450. The van der Waals surface area contributed by atoms with Gasteiger partial charge in [0.05, 0.1) is 11.1 Å². The first-order chi connectivity index (χ1) is 8.07. The smallest absolute Gasteiger partial charge is 0.0925 e. The van der Waals surface area contributed by atoms with Crippen LogP contribution in [0.15, 0.2) is 6.20 Å². The van der Waals surface area contributed by atoms with Crippen molar-refractivity contribution in [1.82, 2.24) is 10.3 Å². The summed E-state index contributed by atoms with van der Waals surface area (Å²) in [7, 11) is 1.80. The molecule has 0 spiro atoms. The maximum absolute atomic E-state index is 5.46. The average molecular weight is 254 g/mol. The van der Waals surface area contributed by atoms with Crippen molar-refractivity contribution in [2.75, 3.05) is 7.11 Å². The van der Waals surface area contributed by atoms with Crippen molar-refractivity contribution < 1.29 is 4.74 Å². The Bertz CT molecular complexity index is 375. The Balaban J connectivity index is 1.83. The SMILES string of the molecule is CCc1ncc(CNC2CC(OC)C2(C)C)s1. The number of aromatic nitrogens is 1. The third kappa shape index (κ3) is 2.54. The van der Waals surface area contributed by atoms with Gasteiger partial charge >= 0.3 is 0 Å². The van der Waals surface area contributed by atoms with Crippen LogP contribution in [0.5, 0.6) is 0 Å². The first kappa shape index (κ1) is 13.0. The summed E-state index contributed by atoms with van der Waals surface area (Å²) in [6.07, 6.45) is 4.54. The molecule has 1 saturated carbocycles. The van der Waals surface area contributed by atoms with E-state index in [0.717, 1.165) is 19.4 Å². The molecule has 1 aliphatic carbocycles. The molecule has 3 nitrogen and oxygen atoms in total. The number of hydrogen-bond acceptors (Lipinski definition) is 4. The highest BCUT2D eigenvalue weighted by molar-refractivity contribution is 7.11. The normalized spacial score (nSPS) is 26.8. The van der Waals surface area contributed by atoms with Crippen molar-refractivity contribution in [2.24, 2.45) is 5.41 Å². The van der Waals surface area contributed by atoms with E-state index in [0.29, 0.717) is 12.1 Å². The number of nitrogens with zero attached hydrogens (tertiary/aromatic N) is 1. The van der Waals surface area contributed by atoms with Crippen molar-refractivity contribution in [3.8, 4) is 0 Å². The molecule has 1 aromatic rings. The van der Waals surface area contributed by atoms with Gasteiger partial charge < -0.3 is 10.1 Å². The number of rotatable bonds is 5. The van der Waals surface area contributed by atoms with E-state index in [2.05, 4.69) is 31.1 Å². The monoisotopic (exact) mass is 254 g/mol. The number of methoxy groups -OCH3 is 1. The Morgan fingerprint density at radius 1 is 1.59 bits per heavy atom. The van der Waals surface area contributed by atoms with Crippen molar-refractivity contribution in [3.63, 3.8) is 0 Å². The van der Waals surface area contributed by atoms with Gasteiger partial charge in [-0.05, 0) is 12.8 Å². The summed E-state index contributed by atoms with van der Waals surface area (Å²) < 4.78 is 5.46. The first-order valence-corrected chi connectivity index (χ1v) is 7.09. The lowest BCUT2D eigenvalue weighted by Crippen LogP contribution is -2.60. The van der Waals surface area contributed by atoms with E-state index in [9.17, 15) is 0 Å². The van der Waals surface area contributed by atoms with Gasteiger partial charge in [0.15, 0.2) is 0 Å². The Morgan fingerprint density at radius 2 is 2.35 bits per heavy atom. The second-order valence-electron chi connectivity index (χ2n) is 5.29. The molecule has 2 atom stereocenters. The highest BCUT2D eigenvalue weighted by Crippen LogP contribution is 2.42. The number of thiazole rings is 1. The number of hydrogen-bond donors (Lipinski definition) is 1. The number of aryl methyl sites for hydroxylation is 1. The zero-order valence-corrected chi connectivity index (χ0v) is 11.9. The van der Waals surface area contributed by atoms with Crippen molar-refractivity contribution >= 4 is 11.3 Å². The Morgan fingerprint density at radius 3 is 2.88 bits per heavy atom. The molecular weight excluding hydrogens is 232 g/mol. The minimum atomic E-state index is 0.243. The van der Waals surface area contributed by atoms with Crippen LogP contribution < -0.4 is 5.32 Å². The predicted molar refractivity (Wildman–Crippen MR) is 71.3 cm³/mol. The van der Waals surface area contributed by atoms with Gasteiger partial charge in [0.25, 0.3) is 0 Å². The molecule has 96 valence electrons. The highest BCUT2D eigenvalue weighted by atomic mass is 32.1. The van der Waals surface area contributed by atoms with Crippen LogP contribution in [0.25, 0.3) is 0 Å². The molecule has 1 N–H and O–H groups in total. The minimum Gasteiger partial charge on any atom is -0.381 e. The molecular formula is C13H22N2OS. The van der Waals surface area contributed by atoms with Crippen molar-refractivity contribution in [3.05, 3.63) is 16.1 Å². The largest absolute Gasteiger partial charge is 0.381 e. The third-order valence-corrected chi connectivity index (χ3v) is 5.03. The van der Waals surface area contributed by atoms with Crippen molar-refractivity contribution in [2.45, 2.75) is 52.3 Å². The van der Waals surface area contributed by atoms with Gasteiger partial charge in [-0.2, -0.15) is 0 Å². The Labute approximate surface area is 108 Å². The molecule has 17 heavy (non-hydrogen) atoms. The van der Waals surface area contributed by atoms with Crippen LogP contribution >= 0.6 is 11.3 Å².